The molecule has 1 aromatic heterocycles. The number of hydrogen-bond donors (Lipinski definition) is 1. The van der Waals surface area contributed by atoms with Crippen LogP contribution in [0.15, 0.2) is 73.4 Å². The van der Waals surface area contributed by atoms with Crippen molar-refractivity contribution in [2.45, 2.75) is 33.1 Å². The molecule has 1 N–H and O–H groups in total. The molecule has 0 aliphatic heterocycles. The molecule has 0 aliphatic rings. The molecule has 10 heteroatoms. The van der Waals surface area contributed by atoms with Gasteiger partial charge in [0.2, 0.25) is 0 Å². The number of aromatic nitrogens is 2. The molecule has 3 aromatic carbocycles. The smallest absolute Gasteiger partial charge is 0.282 e. The summed E-state index contributed by atoms with van der Waals surface area (Å²) < 4.78 is 8.37. The van der Waals surface area contributed by atoms with Crippen molar-refractivity contribution < 1.29 is 9.53 Å². The SMILES string of the molecule is CC[C@H](C)c1nc2ccc(Br)cc2c(=O)n1N=Cc1cc(Cl)c(OCC(=O)Nc2ccccc2C)c(Br)c1. The molecule has 4 aromatic rings. The van der Waals surface area contributed by atoms with E-state index in [1.807, 2.05) is 57.2 Å². The standard InChI is InChI=1S/C28H25Br2ClN4O3/c1-4-16(2)27-34-24-10-9-19(29)13-20(24)28(37)35(27)32-14-18-11-21(30)26(22(31)12-18)38-15-25(36)33-23-8-6-5-7-17(23)3/h5-14,16H,4,15H2,1-3H3,(H,33,36)/t16-/m0/s1. The van der Waals surface area contributed by atoms with Crippen molar-refractivity contribution in [2.24, 2.45) is 5.10 Å². The Balaban J connectivity index is 1.58. The van der Waals surface area contributed by atoms with Crippen LogP contribution in [0.2, 0.25) is 5.02 Å². The molecule has 0 radical (unpaired) electrons. The van der Waals surface area contributed by atoms with Gasteiger partial charge in [0.05, 0.1) is 26.6 Å². The summed E-state index contributed by atoms with van der Waals surface area (Å²) in [4.78, 5) is 30.4. The van der Waals surface area contributed by atoms with E-state index in [0.29, 0.717) is 37.5 Å². The van der Waals surface area contributed by atoms with E-state index in [4.69, 9.17) is 21.3 Å². The number of nitrogens with one attached hydrogen (secondary N) is 1. The number of fused-ring (bicyclic) bond motifs is 1. The maximum Gasteiger partial charge on any atom is 0.282 e. The molecule has 0 fully saturated rings. The van der Waals surface area contributed by atoms with Gasteiger partial charge in [-0.15, -0.1) is 0 Å². The average molecular weight is 661 g/mol. The number of anilines is 1. The van der Waals surface area contributed by atoms with Gasteiger partial charge in [0.15, 0.2) is 12.4 Å². The summed E-state index contributed by atoms with van der Waals surface area (Å²) in [6, 6.07) is 16.3. The Bertz CT molecular complexity index is 1580. The minimum Gasteiger partial charge on any atom is -0.481 e. The Hall–Kier alpha value is -3.01. The van der Waals surface area contributed by atoms with Crippen molar-refractivity contribution in [2.75, 3.05) is 11.9 Å². The normalized spacial score (nSPS) is 12.2. The lowest BCUT2D eigenvalue weighted by atomic mass is 10.1. The fourth-order valence-electron chi connectivity index (χ4n) is 3.73. The Morgan fingerprint density at radius 3 is 2.68 bits per heavy atom. The third-order valence-corrected chi connectivity index (χ3v) is 7.36. The van der Waals surface area contributed by atoms with Gasteiger partial charge in [-0.05, 0) is 76.8 Å². The molecular formula is C28H25Br2ClN4O3. The van der Waals surface area contributed by atoms with Gasteiger partial charge in [-0.25, -0.2) is 4.98 Å². The number of amides is 1. The fraction of sp³-hybridized carbons (Fsp3) is 0.214. The van der Waals surface area contributed by atoms with E-state index in [0.717, 1.165) is 22.1 Å². The topological polar surface area (TPSA) is 85.6 Å². The molecule has 0 bridgehead atoms. The van der Waals surface area contributed by atoms with Crippen LogP contribution in [0.3, 0.4) is 0 Å². The molecule has 0 spiro atoms. The lowest BCUT2D eigenvalue weighted by molar-refractivity contribution is -0.118. The summed E-state index contributed by atoms with van der Waals surface area (Å²) in [6.45, 7) is 5.74. The lowest BCUT2D eigenvalue weighted by Crippen LogP contribution is -2.23. The van der Waals surface area contributed by atoms with Gasteiger partial charge in [0, 0.05) is 16.1 Å². The number of ether oxygens (including phenoxy) is 1. The largest absolute Gasteiger partial charge is 0.481 e. The number of benzene rings is 3. The first-order valence-electron chi connectivity index (χ1n) is 11.9. The molecule has 196 valence electrons. The second-order valence-corrected chi connectivity index (χ2v) is 10.9. The summed E-state index contributed by atoms with van der Waals surface area (Å²) in [5, 5.41) is 8.07. The van der Waals surface area contributed by atoms with Crippen LogP contribution in [0.5, 0.6) is 5.75 Å². The molecule has 38 heavy (non-hydrogen) atoms. The van der Waals surface area contributed by atoms with Crippen molar-refractivity contribution in [3.8, 4) is 5.75 Å². The van der Waals surface area contributed by atoms with Crippen molar-refractivity contribution >= 4 is 72.2 Å². The zero-order valence-corrected chi connectivity index (χ0v) is 24.9. The van der Waals surface area contributed by atoms with E-state index < -0.39 is 0 Å². The molecule has 1 heterocycles. The Morgan fingerprint density at radius 2 is 1.97 bits per heavy atom. The maximum absolute atomic E-state index is 13.3. The highest BCUT2D eigenvalue weighted by Gasteiger charge is 2.16. The minimum atomic E-state index is -0.305. The van der Waals surface area contributed by atoms with E-state index in [-0.39, 0.29) is 24.0 Å². The number of nitrogens with zero attached hydrogens (tertiary/aromatic N) is 3. The van der Waals surface area contributed by atoms with Crippen molar-refractivity contribution in [1.29, 1.82) is 0 Å². The predicted octanol–water partition coefficient (Wildman–Crippen LogP) is 7.30. The monoisotopic (exact) mass is 658 g/mol. The molecule has 4 rings (SSSR count). The van der Waals surface area contributed by atoms with Crippen LogP contribution in [0.4, 0.5) is 5.69 Å². The van der Waals surface area contributed by atoms with Gasteiger partial charge < -0.3 is 10.1 Å². The van der Waals surface area contributed by atoms with E-state index in [1.165, 1.54) is 4.68 Å². The lowest BCUT2D eigenvalue weighted by Gasteiger charge is -2.14. The summed E-state index contributed by atoms with van der Waals surface area (Å²) in [7, 11) is 0. The molecule has 0 saturated carbocycles. The number of rotatable bonds is 8. The Labute approximate surface area is 242 Å². The summed E-state index contributed by atoms with van der Waals surface area (Å²) in [5.74, 6) is 0.622. The Morgan fingerprint density at radius 1 is 1.21 bits per heavy atom. The van der Waals surface area contributed by atoms with Crippen molar-refractivity contribution in [3.63, 3.8) is 0 Å². The van der Waals surface area contributed by atoms with Gasteiger partial charge in [-0.1, -0.05) is 59.6 Å². The first-order chi connectivity index (χ1) is 18.2. The maximum atomic E-state index is 13.3. The summed E-state index contributed by atoms with van der Waals surface area (Å²) >= 11 is 13.4. The van der Waals surface area contributed by atoms with Crippen molar-refractivity contribution in [1.82, 2.24) is 9.66 Å². The van der Waals surface area contributed by atoms with Crippen molar-refractivity contribution in [3.05, 3.63) is 95.9 Å². The zero-order valence-electron chi connectivity index (χ0n) is 21.0. The molecule has 1 amide bonds. The first-order valence-corrected chi connectivity index (χ1v) is 13.9. The third kappa shape index (κ3) is 6.34. The van der Waals surface area contributed by atoms with Crippen LogP contribution in [-0.4, -0.2) is 28.4 Å². The van der Waals surface area contributed by atoms with Gasteiger partial charge in [0.1, 0.15) is 5.82 Å². The van der Waals surface area contributed by atoms with Gasteiger partial charge in [-0.3, -0.25) is 9.59 Å². The molecule has 1 atom stereocenters. The molecule has 0 saturated heterocycles. The highest BCUT2D eigenvalue weighted by atomic mass is 79.9. The summed E-state index contributed by atoms with van der Waals surface area (Å²) in [6.07, 6.45) is 2.34. The van der Waals surface area contributed by atoms with Crippen LogP contribution in [0.1, 0.15) is 43.1 Å². The van der Waals surface area contributed by atoms with Crippen LogP contribution in [-0.2, 0) is 4.79 Å². The van der Waals surface area contributed by atoms with Gasteiger partial charge in [0.25, 0.3) is 11.5 Å². The first kappa shape index (κ1) is 28.0. The van der Waals surface area contributed by atoms with Crippen LogP contribution >= 0.6 is 43.5 Å². The zero-order chi connectivity index (χ0) is 27.4. The average Bonchev–Trinajstić information content (AvgIpc) is 2.88. The number of para-hydroxylation sites is 1. The van der Waals surface area contributed by atoms with E-state index in [9.17, 15) is 9.59 Å². The second kappa shape index (κ2) is 12.2. The second-order valence-electron chi connectivity index (χ2n) is 8.77. The molecular weight excluding hydrogens is 636 g/mol. The third-order valence-electron chi connectivity index (χ3n) is 6.00. The van der Waals surface area contributed by atoms with Gasteiger partial charge >= 0.3 is 0 Å². The number of carbonyl (C=O) groups is 1. The number of hydrogen-bond acceptors (Lipinski definition) is 5. The van der Waals surface area contributed by atoms with Crippen LogP contribution in [0.25, 0.3) is 10.9 Å². The van der Waals surface area contributed by atoms with E-state index >= 15 is 0 Å². The number of halogens is 3. The fourth-order valence-corrected chi connectivity index (χ4v) is 5.08. The number of carbonyl (C=O) groups excluding carboxylic acids is 1. The minimum absolute atomic E-state index is 0.0183. The molecule has 7 nitrogen and oxygen atoms in total. The van der Waals surface area contributed by atoms with Gasteiger partial charge in [-0.2, -0.15) is 9.78 Å². The number of aryl methyl sites for hydroxylation is 1. The van der Waals surface area contributed by atoms with E-state index in [1.54, 1.807) is 24.4 Å². The van der Waals surface area contributed by atoms with Crippen LogP contribution in [0, 0.1) is 6.92 Å². The summed E-state index contributed by atoms with van der Waals surface area (Å²) in [5.41, 5.74) is 2.68. The predicted molar refractivity (Wildman–Crippen MR) is 160 cm³/mol. The van der Waals surface area contributed by atoms with Crippen LogP contribution < -0.4 is 15.6 Å². The molecule has 0 aliphatic carbocycles. The quantitative estimate of drug-likeness (QED) is 0.201. The highest BCUT2D eigenvalue weighted by molar-refractivity contribution is 9.10. The molecule has 0 unspecified atom stereocenters. The van der Waals surface area contributed by atoms with E-state index in [2.05, 4.69) is 42.3 Å². The Kier molecular flexibility index (Phi) is 9.02. The highest BCUT2D eigenvalue weighted by Crippen LogP contribution is 2.34.